The van der Waals surface area contributed by atoms with Gasteiger partial charge in [0.1, 0.15) is 0 Å². The summed E-state index contributed by atoms with van der Waals surface area (Å²) in [7, 11) is -4.59. The third kappa shape index (κ3) is 44.8. The van der Waals surface area contributed by atoms with E-state index >= 15 is 0 Å². The maximum atomic E-state index is 11.0. The van der Waals surface area contributed by atoms with Gasteiger partial charge in [0.05, 0.1) is 6.61 Å². The van der Waals surface area contributed by atoms with E-state index in [1.165, 1.54) is 212 Å². The van der Waals surface area contributed by atoms with E-state index in [1.54, 1.807) is 0 Å². The van der Waals surface area contributed by atoms with Crippen molar-refractivity contribution in [2.45, 2.75) is 251 Å². The summed E-state index contributed by atoms with van der Waals surface area (Å²) in [5.74, 6) is 0.195. The Balaban J connectivity index is 0. The van der Waals surface area contributed by atoms with Crippen molar-refractivity contribution < 1.29 is 46.7 Å². The van der Waals surface area contributed by atoms with Crippen LogP contribution >= 0.6 is 0 Å². The Morgan fingerprint density at radius 1 is 0.383 bits per heavy atom. The predicted octanol–water partition coefficient (Wildman–Crippen LogP) is 11.6. The maximum Gasteiger partial charge on any atom is 1.00 e. The van der Waals surface area contributed by atoms with E-state index in [-0.39, 0.29) is 42.1 Å². The Morgan fingerprint density at radius 3 is 0.766 bits per heavy atom. The molecule has 0 aliphatic heterocycles. The summed E-state index contributed by atoms with van der Waals surface area (Å²) in [5, 5.41) is 0. The van der Waals surface area contributed by atoms with Crippen molar-refractivity contribution in [1.29, 1.82) is 0 Å². The zero-order chi connectivity index (χ0) is 33.7. The summed E-state index contributed by atoms with van der Waals surface area (Å²) < 4.78 is 37.8. The van der Waals surface area contributed by atoms with E-state index in [0.29, 0.717) is 0 Å². The van der Waals surface area contributed by atoms with Crippen LogP contribution in [0.25, 0.3) is 0 Å². The molecule has 0 rings (SSSR count). The Morgan fingerprint density at radius 2 is 0.574 bits per heavy atom. The normalized spacial score (nSPS) is 12.4. The summed E-state index contributed by atoms with van der Waals surface area (Å²) >= 11 is 0. The molecule has 0 amide bonds. The molecule has 0 aromatic carbocycles. The second-order valence-electron chi connectivity index (χ2n) is 14.8. The van der Waals surface area contributed by atoms with Gasteiger partial charge in [0.25, 0.3) is 0 Å². The Bertz CT molecular complexity index is 672. The fourth-order valence-electron chi connectivity index (χ4n) is 6.98. The topological polar surface area (TPSA) is 66.4 Å². The Hall–Kier alpha value is 0.870. The molecule has 0 bridgehead atoms. The van der Waals surface area contributed by atoms with Crippen molar-refractivity contribution in [3.63, 3.8) is 0 Å². The standard InChI is InChI=1S/C41H84O4S.Na/c1-3-5-7-9-11-13-15-17-19-21-23-25-27-29-31-33-35-37-39-41(40-45-46(42,43)44)38-36-34-32-30-28-26-24-22-20-18-16-14-12-10-8-6-4-2;/h41H,3-40H2,1-2H3,(H,42,43,44);/q;+1/p-1. The van der Waals surface area contributed by atoms with Crippen LogP contribution in [0.1, 0.15) is 251 Å². The number of hydrogen-bond donors (Lipinski definition) is 0. The predicted molar refractivity (Wildman–Crippen MR) is 201 cm³/mol. The quantitative estimate of drug-likeness (QED) is 0.0277. The fraction of sp³-hybridized carbons (Fsp3) is 1.00. The molecule has 47 heavy (non-hydrogen) atoms. The molecule has 0 aliphatic rings. The van der Waals surface area contributed by atoms with Crippen LogP contribution in [0, 0.1) is 5.92 Å². The molecule has 6 heteroatoms. The van der Waals surface area contributed by atoms with Gasteiger partial charge in [-0.15, -0.1) is 0 Å². The first-order valence-corrected chi connectivity index (χ1v) is 22.4. The molecule has 1 unspecified atom stereocenters. The first-order valence-electron chi connectivity index (χ1n) is 21.1. The van der Waals surface area contributed by atoms with Crippen molar-refractivity contribution in [3.8, 4) is 0 Å². The monoisotopic (exact) mass is 695 g/mol. The minimum atomic E-state index is -4.59. The van der Waals surface area contributed by atoms with Gasteiger partial charge < -0.3 is 4.55 Å². The van der Waals surface area contributed by atoms with Crippen LogP contribution in [-0.2, 0) is 14.6 Å². The number of hydrogen-bond acceptors (Lipinski definition) is 4. The second-order valence-corrected chi connectivity index (χ2v) is 15.9. The minimum Gasteiger partial charge on any atom is -0.726 e. The number of rotatable bonds is 40. The van der Waals surface area contributed by atoms with Gasteiger partial charge >= 0.3 is 29.6 Å². The van der Waals surface area contributed by atoms with Gasteiger partial charge in [-0.05, 0) is 18.8 Å². The summed E-state index contributed by atoms with van der Waals surface area (Å²) in [4.78, 5) is 0. The van der Waals surface area contributed by atoms with Crippen LogP contribution in [0.5, 0.6) is 0 Å². The van der Waals surface area contributed by atoms with Crippen LogP contribution in [0.4, 0.5) is 0 Å². The molecule has 0 radical (unpaired) electrons. The molecule has 0 heterocycles. The average molecular weight is 695 g/mol. The van der Waals surface area contributed by atoms with Crippen LogP contribution in [-0.4, -0.2) is 19.6 Å². The molecule has 0 N–H and O–H groups in total. The smallest absolute Gasteiger partial charge is 0.726 e. The molecular formula is C41H83NaO4S. The first-order chi connectivity index (χ1) is 22.5. The summed E-state index contributed by atoms with van der Waals surface area (Å²) in [6.07, 6.45) is 49.7. The Kier molecular flexibility index (Phi) is 43.9. The van der Waals surface area contributed by atoms with E-state index in [0.717, 1.165) is 25.7 Å². The van der Waals surface area contributed by atoms with Crippen LogP contribution < -0.4 is 29.6 Å². The van der Waals surface area contributed by atoms with Crippen molar-refractivity contribution >= 4 is 10.4 Å². The van der Waals surface area contributed by atoms with Gasteiger partial charge in [0.15, 0.2) is 0 Å². The van der Waals surface area contributed by atoms with E-state index < -0.39 is 10.4 Å². The third-order valence-electron chi connectivity index (χ3n) is 10.1. The summed E-state index contributed by atoms with van der Waals surface area (Å²) in [5.41, 5.74) is 0. The molecule has 0 aliphatic carbocycles. The minimum absolute atomic E-state index is 0. The van der Waals surface area contributed by atoms with E-state index in [4.69, 9.17) is 0 Å². The zero-order valence-electron chi connectivity index (χ0n) is 32.5. The van der Waals surface area contributed by atoms with Crippen LogP contribution in [0.3, 0.4) is 0 Å². The van der Waals surface area contributed by atoms with Gasteiger partial charge in [-0.1, -0.05) is 239 Å². The molecule has 0 spiro atoms. The van der Waals surface area contributed by atoms with Gasteiger partial charge in [-0.2, -0.15) is 0 Å². The number of unbranched alkanes of at least 4 members (excludes halogenated alkanes) is 33. The molecule has 0 fully saturated rings. The van der Waals surface area contributed by atoms with Gasteiger partial charge in [-0.3, -0.25) is 4.18 Å². The third-order valence-corrected chi connectivity index (χ3v) is 10.6. The van der Waals surface area contributed by atoms with Gasteiger partial charge in [-0.25, -0.2) is 8.42 Å². The molecule has 1 atom stereocenters. The van der Waals surface area contributed by atoms with Gasteiger partial charge in [0.2, 0.25) is 10.4 Å². The van der Waals surface area contributed by atoms with E-state index in [9.17, 15) is 13.0 Å². The van der Waals surface area contributed by atoms with Crippen LogP contribution in [0.2, 0.25) is 0 Å². The fourth-order valence-corrected chi connectivity index (χ4v) is 7.34. The van der Waals surface area contributed by atoms with E-state index in [2.05, 4.69) is 18.0 Å². The van der Waals surface area contributed by atoms with E-state index in [1.807, 2.05) is 0 Å². The van der Waals surface area contributed by atoms with Crippen molar-refractivity contribution in [2.75, 3.05) is 6.61 Å². The molecule has 0 saturated heterocycles. The molecule has 0 aromatic rings. The average Bonchev–Trinajstić information content (AvgIpc) is 3.03. The second kappa shape index (κ2) is 41.3. The summed E-state index contributed by atoms with van der Waals surface area (Å²) in [6, 6.07) is 0. The van der Waals surface area contributed by atoms with Gasteiger partial charge in [0, 0.05) is 0 Å². The molecular weight excluding hydrogens is 612 g/mol. The largest absolute Gasteiger partial charge is 1.00 e. The first kappa shape index (κ1) is 50.0. The molecule has 4 nitrogen and oxygen atoms in total. The SMILES string of the molecule is CCCCCCCCCCCCCCCCCCCCC(CCCCCCCCCCCCCCCCCCC)COS(=O)(=O)[O-].[Na+]. The Labute approximate surface area is 319 Å². The molecule has 278 valence electrons. The maximum absolute atomic E-state index is 11.0. The zero-order valence-corrected chi connectivity index (χ0v) is 35.3. The molecule has 0 aromatic heterocycles. The van der Waals surface area contributed by atoms with Crippen molar-refractivity contribution in [2.24, 2.45) is 5.92 Å². The molecule has 0 saturated carbocycles. The van der Waals surface area contributed by atoms with Crippen molar-refractivity contribution in [3.05, 3.63) is 0 Å². The van der Waals surface area contributed by atoms with Crippen LogP contribution in [0.15, 0.2) is 0 Å². The van der Waals surface area contributed by atoms with Crippen molar-refractivity contribution in [1.82, 2.24) is 0 Å². The summed E-state index contributed by atoms with van der Waals surface area (Å²) in [6.45, 7) is 4.64.